The number of allylic oxidation sites excluding steroid dienone is 1. The second-order valence-corrected chi connectivity index (χ2v) is 11.6. The maximum Gasteiger partial charge on any atom is 0.338 e. The van der Waals surface area contributed by atoms with E-state index in [1.54, 1.807) is 39.2 Å². The molecule has 0 aliphatic carbocycles. The van der Waals surface area contributed by atoms with Crippen molar-refractivity contribution in [2.45, 2.75) is 40.3 Å². The molecule has 2 heterocycles. The number of nitrogens with zero attached hydrogens (tertiary/aromatic N) is 2. The fraction of sp³-hybridized carbons (Fsp3) is 0.286. The lowest BCUT2D eigenvalue weighted by Gasteiger charge is -2.26. The first kappa shape index (κ1) is 32.8. The molecule has 5 rings (SSSR count). The van der Waals surface area contributed by atoms with E-state index in [1.165, 1.54) is 15.9 Å². The van der Waals surface area contributed by atoms with Gasteiger partial charge in [0.05, 0.1) is 42.7 Å². The largest absolute Gasteiger partial charge is 0.493 e. The van der Waals surface area contributed by atoms with Crippen LogP contribution >= 0.6 is 22.9 Å². The van der Waals surface area contributed by atoms with E-state index in [0.717, 1.165) is 11.1 Å². The molecule has 0 saturated heterocycles. The first-order valence-electron chi connectivity index (χ1n) is 14.9. The summed E-state index contributed by atoms with van der Waals surface area (Å²) in [7, 11) is 1.55. The summed E-state index contributed by atoms with van der Waals surface area (Å²) in [5.41, 5.74) is 2.70. The van der Waals surface area contributed by atoms with Gasteiger partial charge in [-0.3, -0.25) is 9.36 Å². The smallest absolute Gasteiger partial charge is 0.338 e. The molecule has 11 heteroatoms. The van der Waals surface area contributed by atoms with E-state index in [0.29, 0.717) is 68.4 Å². The lowest BCUT2D eigenvalue weighted by Crippen LogP contribution is -2.40. The number of carbonyl (C=O) groups is 1. The van der Waals surface area contributed by atoms with Crippen LogP contribution < -0.4 is 33.8 Å². The zero-order valence-electron chi connectivity index (χ0n) is 26.3. The lowest BCUT2D eigenvalue weighted by atomic mass is 9.94. The van der Waals surface area contributed by atoms with Gasteiger partial charge in [-0.25, -0.2) is 9.79 Å². The molecule has 0 N–H and O–H groups in total. The Balaban J connectivity index is 1.60. The molecule has 0 bridgehead atoms. The number of ether oxygens (including phenoxy) is 5. The van der Waals surface area contributed by atoms with Crippen molar-refractivity contribution in [3.63, 3.8) is 0 Å². The molecule has 4 aromatic rings. The maximum absolute atomic E-state index is 14.2. The van der Waals surface area contributed by atoms with E-state index in [-0.39, 0.29) is 17.7 Å². The van der Waals surface area contributed by atoms with Crippen molar-refractivity contribution in [1.29, 1.82) is 0 Å². The quantitative estimate of drug-likeness (QED) is 0.176. The van der Waals surface area contributed by atoms with Crippen LogP contribution in [0.2, 0.25) is 5.02 Å². The van der Waals surface area contributed by atoms with E-state index >= 15 is 0 Å². The first-order chi connectivity index (χ1) is 22.3. The van der Waals surface area contributed by atoms with Crippen molar-refractivity contribution in [3.8, 4) is 23.0 Å². The highest BCUT2D eigenvalue weighted by molar-refractivity contribution is 7.07. The molecule has 0 fully saturated rings. The number of thiazole rings is 1. The summed E-state index contributed by atoms with van der Waals surface area (Å²) in [5.74, 6) is 1.50. The Bertz CT molecular complexity index is 1950. The minimum Gasteiger partial charge on any atom is -0.493 e. The normalized spacial score (nSPS) is 14.4. The molecule has 1 atom stereocenters. The number of hydrogen-bond acceptors (Lipinski definition) is 9. The standard InChI is InChI=1S/C35H35ClN2O7S/c1-6-42-28-18-23(14-17-26(28)45-20-22-12-15-24(36)16-13-22)19-29-33(39)38-31(25-10-9-11-27(41-5)32(25)43-7-2)30(34(40)44-8-3)21(4)37-35(38)46-29/h9-19,31H,6-8,20H2,1-5H3/b29-19+/t31-/m0/s1. The van der Waals surface area contributed by atoms with Crippen LogP contribution in [0.5, 0.6) is 23.0 Å². The Hall–Kier alpha value is -4.54. The summed E-state index contributed by atoms with van der Waals surface area (Å²) in [6.07, 6.45) is 1.78. The average molecular weight is 663 g/mol. The fourth-order valence-corrected chi connectivity index (χ4v) is 6.36. The van der Waals surface area contributed by atoms with Gasteiger partial charge in [-0.1, -0.05) is 53.3 Å². The van der Waals surface area contributed by atoms with Crippen molar-refractivity contribution in [2.75, 3.05) is 26.9 Å². The highest BCUT2D eigenvalue weighted by Gasteiger charge is 2.36. The summed E-state index contributed by atoms with van der Waals surface area (Å²) in [5, 5.41) is 0.658. The molecular formula is C35H35ClN2O7S. The number of benzene rings is 3. The van der Waals surface area contributed by atoms with Gasteiger partial charge in [-0.15, -0.1) is 0 Å². The van der Waals surface area contributed by atoms with Crippen molar-refractivity contribution in [2.24, 2.45) is 4.99 Å². The predicted molar refractivity (Wildman–Crippen MR) is 178 cm³/mol. The van der Waals surface area contributed by atoms with Gasteiger partial charge in [0.15, 0.2) is 27.8 Å². The van der Waals surface area contributed by atoms with Crippen LogP contribution in [0, 0.1) is 0 Å². The molecule has 240 valence electrons. The summed E-state index contributed by atoms with van der Waals surface area (Å²) >= 11 is 7.24. The van der Waals surface area contributed by atoms with E-state index in [4.69, 9.17) is 35.3 Å². The minimum atomic E-state index is -0.850. The third kappa shape index (κ3) is 6.83. The fourth-order valence-electron chi connectivity index (χ4n) is 5.19. The van der Waals surface area contributed by atoms with Gasteiger partial charge < -0.3 is 23.7 Å². The van der Waals surface area contributed by atoms with Gasteiger partial charge >= 0.3 is 5.97 Å². The summed E-state index contributed by atoms with van der Waals surface area (Å²) < 4.78 is 31.0. The highest BCUT2D eigenvalue weighted by atomic mass is 35.5. The number of aromatic nitrogens is 1. The van der Waals surface area contributed by atoms with E-state index in [9.17, 15) is 9.59 Å². The van der Waals surface area contributed by atoms with E-state index < -0.39 is 12.0 Å². The molecule has 0 amide bonds. The zero-order valence-corrected chi connectivity index (χ0v) is 27.9. The Morgan fingerprint density at radius 3 is 2.41 bits per heavy atom. The van der Waals surface area contributed by atoms with Gasteiger partial charge in [-0.2, -0.15) is 0 Å². The minimum absolute atomic E-state index is 0.171. The van der Waals surface area contributed by atoms with Gasteiger partial charge in [0.25, 0.3) is 5.56 Å². The third-order valence-corrected chi connectivity index (χ3v) is 8.44. The van der Waals surface area contributed by atoms with Crippen LogP contribution in [0.15, 0.2) is 81.7 Å². The molecule has 1 aliphatic heterocycles. The topological polar surface area (TPSA) is 97.6 Å². The zero-order chi connectivity index (χ0) is 32.8. The summed E-state index contributed by atoms with van der Waals surface area (Å²) in [4.78, 5) is 32.7. The van der Waals surface area contributed by atoms with E-state index in [1.807, 2.05) is 62.4 Å². The summed E-state index contributed by atoms with van der Waals surface area (Å²) in [6.45, 7) is 8.53. The molecule has 1 aliphatic rings. The second-order valence-electron chi connectivity index (χ2n) is 10.2. The second kappa shape index (κ2) is 14.7. The van der Waals surface area contributed by atoms with Crippen LogP contribution in [0.4, 0.5) is 0 Å². The number of carbonyl (C=O) groups excluding carboxylic acids is 1. The molecule has 0 spiro atoms. The van der Waals surface area contributed by atoms with Crippen molar-refractivity contribution >= 4 is 35.0 Å². The van der Waals surface area contributed by atoms with Crippen molar-refractivity contribution < 1.29 is 28.5 Å². The third-order valence-electron chi connectivity index (χ3n) is 7.20. The number of para-hydroxylation sites is 1. The van der Waals surface area contributed by atoms with Crippen molar-refractivity contribution in [1.82, 2.24) is 4.57 Å². The van der Waals surface area contributed by atoms with E-state index in [2.05, 4.69) is 4.99 Å². The predicted octanol–water partition coefficient (Wildman–Crippen LogP) is 5.84. The number of fused-ring (bicyclic) bond motifs is 1. The number of halogens is 1. The highest BCUT2D eigenvalue weighted by Crippen LogP contribution is 2.41. The molecule has 1 aromatic heterocycles. The Morgan fingerprint density at radius 2 is 1.72 bits per heavy atom. The van der Waals surface area contributed by atoms with Gasteiger partial charge in [0.1, 0.15) is 12.6 Å². The first-order valence-corrected chi connectivity index (χ1v) is 16.1. The van der Waals surface area contributed by atoms with Crippen molar-refractivity contribution in [3.05, 3.63) is 113 Å². The molecule has 3 aromatic carbocycles. The van der Waals surface area contributed by atoms with Crippen LogP contribution in [0.1, 0.15) is 50.4 Å². The van der Waals surface area contributed by atoms with Crippen LogP contribution in [0.25, 0.3) is 6.08 Å². The van der Waals surface area contributed by atoms with Gasteiger partial charge in [0.2, 0.25) is 0 Å². The molecule has 0 radical (unpaired) electrons. The summed E-state index contributed by atoms with van der Waals surface area (Å²) in [6, 6.07) is 17.5. The lowest BCUT2D eigenvalue weighted by molar-refractivity contribution is -0.139. The van der Waals surface area contributed by atoms with Gasteiger partial charge in [-0.05, 0) is 75.2 Å². The van der Waals surface area contributed by atoms with Crippen LogP contribution in [-0.4, -0.2) is 37.5 Å². The number of rotatable bonds is 12. The average Bonchev–Trinajstić information content (AvgIpc) is 3.35. The maximum atomic E-state index is 14.2. The van der Waals surface area contributed by atoms with Gasteiger partial charge in [0, 0.05) is 10.6 Å². The Morgan fingerprint density at radius 1 is 0.957 bits per heavy atom. The van der Waals surface area contributed by atoms with Crippen LogP contribution in [-0.2, 0) is 16.1 Å². The monoisotopic (exact) mass is 662 g/mol. The molecule has 9 nitrogen and oxygen atoms in total. The number of esters is 1. The molecule has 0 saturated carbocycles. The Labute approximate surface area is 275 Å². The molecular weight excluding hydrogens is 628 g/mol. The number of hydrogen-bond donors (Lipinski definition) is 0. The number of methoxy groups -OCH3 is 1. The molecule has 46 heavy (non-hydrogen) atoms. The molecule has 0 unspecified atom stereocenters. The Kier molecular flexibility index (Phi) is 10.5. The SMILES string of the molecule is CCOC(=O)C1=C(C)N=c2s/c(=C/c3ccc(OCc4ccc(Cl)cc4)c(OCC)c3)c(=O)n2[C@H]1c1cccc(OC)c1OCC. The van der Waals surface area contributed by atoms with Crippen LogP contribution in [0.3, 0.4) is 0 Å².